The van der Waals surface area contributed by atoms with E-state index < -0.39 is 0 Å². The summed E-state index contributed by atoms with van der Waals surface area (Å²) in [5, 5.41) is 20.9. The smallest absolute Gasteiger partial charge is 0.204 e. The van der Waals surface area contributed by atoms with Crippen molar-refractivity contribution in [2.75, 3.05) is 7.11 Å². The molecule has 0 unspecified atom stereocenters. The van der Waals surface area contributed by atoms with E-state index in [2.05, 4.69) is 19.9 Å². The summed E-state index contributed by atoms with van der Waals surface area (Å²) in [4.78, 5) is 13.2. The first-order valence-corrected chi connectivity index (χ1v) is 10.2. The Morgan fingerprint density at radius 2 is 1.77 bits per heavy atom. The van der Waals surface area contributed by atoms with Crippen LogP contribution in [0.15, 0.2) is 69.1 Å². The lowest BCUT2D eigenvalue weighted by molar-refractivity contribution is 0.415. The summed E-state index contributed by atoms with van der Waals surface area (Å²) in [7, 11) is 1.57. The van der Waals surface area contributed by atoms with Crippen molar-refractivity contribution in [3.8, 4) is 28.4 Å². The molecule has 162 valence electrons. The molecule has 1 heterocycles. The van der Waals surface area contributed by atoms with Crippen molar-refractivity contribution in [1.29, 1.82) is 0 Å². The SMILES string of the molecule is COc1ccc(-c2coc3c(C/C=C(\C)CCC=C(C)C)c(O)cc(O)c3c2=O)cc1. The number of phenolic OH excluding ortho intramolecular Hbond substituents is 2. The second kappa shape index (κ2) is 9.56. The van der Waals surface area contributed by atoms with Crippen LogP contribution in [0.1, 0.15) is 39.2 Å². The molecule has 5 nitrogen and oxygen atoms in total. The highest BCUT2D eigenvalue weighted by atomic mass is 16.5. The number of methoxy groups -OCH3 is 1. The Kier molecular flexibility index (Phi) is 6.85. The third-order valence-electron chi connectivity index (χ3n) is 5.25. The summed E-state index contributed by atoms with van der Waals surface area (Å²) in [6, 6.07) is 8.23. The Morgan fingerprint density at radius 1 is 1.06 bits per heavy atom. The van der Waals surface area contributed by atoms with Gasteiger partial charge in [-0.25, -0.2) is 0 Å². The normalized spacial score (nSPS) is 11.5. The number of ether oxygens (including phenoxy) is 1. The fourth-order valence-electron chi connectivity index (χ4n) is 3.46. The monoisotopic (exact) mass is 420 g/mol. The van der Waals surface area contributed by atoms with Gasteiger partial charge in [0.1, 0.15) is 34.5 Å². The lowest BCUT2D eigenvalue weighted by Gasteiger charge is -2.10. The highest BCUT2D eigenvalue weighted by Crippen LogP contribution is 2.35. The maximum atomic E-state index is 13.2. The van der Waals surface area contributed by atoms with Gasteiger partial charge in [-0.2, -0.15) is 0 Å². The van der Waals surface area contributed by atoms with E-state index >= 15 is 0 Å². The number of hydrogen-bond donors (Lipinski definition) is 2. The van der Waals surface area contributed by atoms with Crippen LogP contribution in [0.2, 0.25) is 0 Å². The fourth-order valence-corrected chi connectivity index (χ4v) is 3.46. The molecule has 0 atom stereocenters. The van der Waals surface area contributed by atoms with Gasteiger partial charge in [-0.3, -0.25) is 4.79 Å². The highest BCUT2D eigenvalue weighted by molar-refractivity contribution is 5.90. The number of allylic oxidation sites excluding steroid dienone is 4. The quantitative estimate of drug-likeness (QED) is 0.451. The Morgan fingerprint density at radius 3 is 2.42 bits per heavy atom. The van der Waals surface area contributed by atoms with E-state index in [4.69, 9.17) is 9.15 Å². The van der Waals surface area contributed by atoms with Crippen LogP contribution in [0.5, 0.6) is 17.2 Å². The number of hydrogen-bond acceptors (Lipinski definition) is 5. The molecule has 0 saturated heterocycles. The fraction of sp³-hybridized carbons (Fsp3) is 0.269. The molecule has 0 aliphatic heterocycles. The van der Waals surface area contributed by atoms with Crippen LogP contribution in [0.4, 0.5) is 0 Å². The van der Waals surface area contributed by atoms with Gasteiger partial charge in [0.15, 0.2) is 0 Å². The topological polar surface area (TPSA) is 79.9 Å². The second-order valence-corrected chi connectivity index (χ2v) is 7.88. The average Bonchev–Trinajstić information content (AvgIpc) is 2.73. The van der Waals surface area contributed by atoms with E-state index in [1.165, 1.54) is 23.5 Å². The van der Waals surface area contributed by atoms with Crippen LogP contribution < -0.4 is 10.2 Å². The van der Waals surface area contributed by atoms with Crippen LogP contribution in [0.25, 0.3) is 22.1 Å². The van der Waals surface area contributed by atoms with Gasteiger partial charge in [-0.15, -0.1) is 0 Å². The molecule has 3 aromatic rings. The molecular formula is C26H28O5. The van der Waals surface area contributed by atoms with E-state index in [1.54, 1.807) is 31.4 Å². The predicted octanol–water partition coefficient (Wildman–Crippen LogP) is 6.12. The number of rotatable bonds is 7. The van der Waals surface area contributed by atoms with Crippen molar-refractivity contribution in [1.82, 2.24) is 0 Å². The van der Waals surface area contributed by atoms with Crippen LogP contribution in [-0.2, 0) is 6.42 Å². The Balaban J connectivity index is 2.01. The maximum Gasteiger partial charge on any atom is 0.204 e. The minimum absolute atomic E-state index is 0.0664. The molecule has 2 aromatic carbocycles. The molecule has 0 amide bonds. The molecule has 0 aliphatic carbocycles. The summed E-state index contributed by atoms with van der Waals surface area (Å²) >= 11 is 0. The second-order valence-electron chi connectivity index (χ2n) is 7.88. The molecule has 0 saturated carbocycles. The molecule has 0 aliphatic rings. The van der Waals surface area contributed by atoms with Crippen LogP contribution >= 0.6 is 0 Å². The maximum absolute atomic E-state index is 13.2. The van der Waals surface area contributed by atoms with E-state index in [-0.39, 0.29) is 27.9 Å². The zero-order chi connectivity index (χ0) is 22.5. The van der Waals surface area contributed by atoms with Crippen LogP contribution in [0.3, 0.4) is 0 Å². The van der Waals surface area contributed by atoms with Crippen molar-refractivity contribution >= 4 is 11.0 Å². The van der Waals surface area contributed by atoms with E-state index in [0.29, 0.717) is 28.9 Å². The number of benzene rings is 2. The molecule has 5 heteroatoms. The number of fused-ring (bicyclic) bond motifs is 1. The minimum Gasteiger partial charge on any atom is -0.507 e. The van der Waals surface area contributed by atoms with E-state index in [0.717, 1.165) is 12.8 Å². The standard InChI is InChI=1S/C26H28O5/c1-16(2)6-5-7-17(3)8-13-20-22(27)14-23(28)24-25(29)21(15-31-26(20)24)18-9-11-19(30-4)12-10-18/h6,8-12,14-15,27-28H,5,7,13H2,1-4H3/b17-8+. The van der Waals surface area contributed by atoms with Gasteiger partial charge in [0, 0.05) is 11.6 Å². The van der Waals surface area contributed by atoms with E-state index in [1.807, 2.05) is 13.0 Å². The average molecular weight is 421 g/mol. The zero-order valence-corrected chi connectivity index (χ0v) is 18.4. The Labute approximate surface area is 181 Å². The summed E-state index contributed by atoms with van der Waals surface area (Å²) < 4.78 is 10.9. The first-order chi connectivity index (χ1) is 14.8. The molecule has 1 aromatic heterocycles. The van der Waals surface area contributed by atoms with Crippen molar-refractivity contribution in [2.45, 2.75) is 40.0 Å². The summed E-state index contributed by atoms with van der Waals surface area (Å²) in [6.45, 7) is 6.18. The van der Waals surface area contributed by atoms with Crippen LogP contribution in [0, 0.1) is 0 Å². The lowest BCUT2D eigenvalue weighted by Crippen LogP contribution is -2.06. The Hall–Kier alpha value is -3.47. The van der Waals surface area contributed by atoms with Gasteiger partial charge in [-0.1, -0.05) is 35.4 Å². The van der Waals surface area contributed by atoms with Gasteiger partial charge in [0.05, 0.1) is 12.7 Å². The van der Waals surface area contributed by atoms with Gasteiger partial charge < -0.3 is 19.4 Å². The van der Waals surface area contributed by atoms with Crippen LogP contribution in [-0.4, -0.2) is 17.3 Å². The first-order valence-electron chi connectivity index (χ1n) is 10.2. The third kappa shape index (κ3) is 5.00. The Bertz CT molecular complexity index is 1190. The summed E-state index contributed by atoms with van der Waals surface area (Å²) in [6.07, 6.45) is 7.83. The summed E-state index contributed by atoms with van der Waals surface area (Å²) in [5.74, 6) is 0.277. The van der Waals surface area contributed by atoms with Crippen molar-refractivity contribution in [3.05, 3.63) is 75.7 Å². The minimum atomic E-state index is -0.352. The lowest BCUT2D eigenvalue weighted by atomic mass is 10.00. The van der Waals surface area contributed by atoms with Gasteiger partial charge in [-0.05, 0) is 57.7 Å². The molecule has 0 fully saturated rings. The molecule has 2 N–H and O–H groups in total. The molecular weight excluding hydrogens is 392 g/mol. The first kappa shape index (κ1) is 22.2. The molecule has 31 heavy (non-hydrogen) atoms. The van der Waals surface area contributed by atoms with E-state index in [9.17, 15) is 15.0 Å². The van der Waals surface area contributed by atoms with Crippen molar-refractivity contribution < 1.29 is 19.4 Å². The molecule has 0 radical (unpaired) electrons. The predicted molar refractivity (Wildman–Crippen MR) is 124 cm³/mol. The highest BCUT2D eigenvalue weighted by Gasteiger charge is 2.18. The third-order valence-corrected chi connectivity index (χ3v) is 5.25. The van der Waals surface area contributed by atoms with Crippen molar-refractivity contribution in [3.63, 3.8) is 0 Å². The van der Waals surface area contributed by atoms with Gasteiger partial charge in [0.2, 0.25) is 5.43 Å². The molecule has 3 rings (SSSR count). The number of aromatic hydroxyl groups is 2. The van der Waals surface area contributed by atoms with Crippen molar-refractivity contribution in [2.24, 2.45) is 0 Å². The largest absolute Gasteiger partial charge is 0.507 e. The zero-order valence-electron chi connectivity index (χ0n) is 18.4. The molecule has 0 spiro atoms. The number of phenols is 2. The van der Waals surface area contributed by atoms with Gasteiger partial charge in [0.25, 0.3) is 0 Å². The summed E-state index contributed by atoms with van der Waals surface area (Å²) in [5.41, 5.74) is 3.77. The van der Waals surface area contributed by atoms with Gasteiger partial charge >= 0.3 is 0 Å². The molecule has 0 bridgehead atoms.